The van der Waals surface area contributed by atoms with Crippen molar-refractivity contribution in [2.24, 2.45) is 16.0 Å². The second-order valence-electron chi connectivity index (χ2n) is 8.13. The molecular weight excluding hydrogens is 400 g/mol. The van der Waals surface area contributed by atoms with E-state index in [2.05, 4.69) is 25.5 Å². The summed E-state index contributed by atoms with van der Waals surface area (Å²) in [5.74, 6) is 1.79. The van der Waals surface area contributed by atoms with Crippen molar-refractivity contribution in [3.8, 4) is 5.88 Å². The van der Waals surface area contributed by atoms with E-state index in [1.807, 2.05) is 32.2 Å². The van der Waals surface area contributed by atoms with Gasteiger partial charge in [0.15, 0.2) is 0 Å². The minimum Gasteiger partial charge on any atom is -0.474 e. The smallest absolute Gasteiger partial charge is 0.217 e. The molecule has 0 radical (unpaired) electrons. The van der Waals surface area contributed by atoms with Crippen LogP contribution in [0.2, 0.25) is 0 Å². The Hall–Kier alpha value is -2.67. The van der Waals surface area contributed by atoms with E-state index >= 15 is 0 Å². The number of nitrogens with zero attached hydrogens (tertiary/aromatic N) is 4. The molecule has 1 aliphatic carbocycles. The predicted octanol–water partition coefficient (Wildman–Crippen LogP) is 2.40. The number of aryl methyl sites for hydroxylation is 2. The Morgan fingerprint density at radius 2 is 1.97 bits per heavy atom. The highest BCUT2D eigenvalue weighted by Crippen LogP contribution is 2.36. The molecule has 1 saturated carbocycles. The van der Waals surface area contributed by atoms with Crippen molar-refractivity contribution in [1.29, 1.82) is 0 Å². The number of rotatable bonds is 3. The molecule has 156 valence electrons. The molecule has 1 fully saturated rings. The quantitative estimate of drug-likeness (QED) is 0.792. The summed E-state index contributed by atoms with van der Waals surface area (Å²) in [5, 5.41) is 7.06. The van der Waals surface area contributed by atoms with Gasteiger partial charge in [0.25, 0.3) is 0 Å². The zero-order chi connectivity index (χ0) is 20.7. The topological polar surface area (TPSA) is 87.5 Å². The number of aromatic nitrogens is 3. The molecule has 0 aromatic carbocycles. The van der Waals surface area contributed by atoms with Crippen LogP contribution < -0.4 is 20.9 Å². The van der Waals surface area contributed by atoms with Gasteiger partial charge in [-0.1, -0.05) is 11.6 Å². The molecule has 0 saturated heterocycles. The fourth-order valence-electron chi connectivity index (χ4n) is 4.67. The normalized spacial score (nSPS) is 22.9. The van der Waals surface area contributed by atoms with Crippen molar-refractivity contribution in [2.75, 3.05) is 6.54 Å². The van der Waals surface area contributed by atoms with Gasteiger partial charge in [0, 0.05) is 22.4 Å². The van der Waals surface area contributed by atoms with Gasteiger partial charge in [-0.3, -0.25) is 4.99 Å². The molecule has 0 unspecified atom stereocenters. The summed E-state index contributed by atoms with van der Waals surface area (Å²) in [6, 6.07) is 1.91. The second-order valence-corrected chi connectivity index (χ2v) is 8.53. The molecule has 4 heterocycles. The van der Waals surface area contributed by atoms with Gasteiger partial charge in [0.1, 0.15) is 11.9 Å². The fraction of sp³-hybridized carbons (Fsp3) is 0.455. The molecule has 30 heavy (non-hydrogen) atoms. The lowest BCUT2D eigenvalue weighted by Gasteiger charge is -2.30. The van der Waals surface area contributed by atoms with Crippen molar-refractivity contribution in [1.82, 2.24) is 20.4 Å². The van der Waals surface area contributed by atoms with E-state index in [1.165, 1.54) is 11.1 Å². The zero-order valence-corrected chi connectivity index (χ0v) is 18.0. The summed E-state index contributed by atoms with van der Waals surface area (Å²) in [4.78, 5) is 17.1. The summed E-state index contributed by atoms with van der Waals surface area (Å²) in [6.45, 7) is 5.15. The molecule has 8 heteroatoms. The van der Waals surface area contributed by atoms with E-state index in [-0.39, 0.29) is 6.10 Å². The number of hydrogen-bond donors (Lipinski definition) is 2. The molecule has 0 amide bonds. The predicted molar refractivity (Wildman–Crippen MR) is 116 cm³/mol. The minimum absolute atomic E-state index is 0.168. The summed E-state index contributed by atoms with van der Waals surface area (Å²) in [7, 11) is 0. The first-order chi connectivity index (χ1) is 14.6. The molecule has 2 aromatic heterocycles. The van der Waals surface area contributed by atoms with Gasteiger partial charge in [-0.25, -0.2) is 4.98 Å². The van der Waals surface area contributed by atoms with E-state index in [4.69, 9.17) is 21.3 Å². The summed E-state index contributed by atoms with van der Waals surface area (Å²) in [5.41, 5.74) is 7.36. The van der Waals surface area contributed by atoms with Crippen molar-refractivity contribution in [3.05, 3.63) is 50.7 Å². The lowest BCUT2D eigenvalue weighted by atomic mass is 9.82. The van der Waals surface area contributed by atoms with E-state index in [0.717, 1.165) is 58.6 Å². The largest absolute Gasteiger partial charge is 0.474 e. The average Bonchev–Trinajstić information content (AvgIpc) is 2.98. The fourth-order valence-corrected chi connectivity index (χ4v) is 4.99. The van der Waals surface area contributed by atoms with Gasteiger partial charge in [-0.2, -0.15) is 10.1 Å². The number of allylic oxidation sites excluding steroid dienone is 1. The molecule has 2 N–H and O–H groups in total. The van der Waals surface area contributed by atoms with Gasteiger partial charge in [-0.15, -0.1) is 0 Å². The molecule has 5 rings (SSSR count). The number of nitrogens with one attached hydrogen (secondary N) is 2. The third-order valence-corrected chi connectivity index (χ3v) is 6.37. The van der Waals surface area contributed by atoms with Crippen LogP contribution in [0.1, 0.15) is 48.5 Å². The van der Waals surface area contributed by atoms with Gasteiger partial charge in [0.05, 0.1) is 35.7 Å². The molecule has 0 atom stereocenters. The molecule has 2 aromatic rings. The van der Waals surface area contributed by atoms with Crippen LogP contribution in [-0.2, 0) is 6.54 Å². The number of halogens is 1. The Morgan fingerprint density at radius 1 is 1.13 bits per heavy atom. The van der Waals surface area contributed by atoms with Crippen LogP contribution >= 0.6 is 11.6 Å². The lowest BCUT2D eigenvalue weighted by Crippen LogP contribution is -2.33. The van der Waals surface area contributed by atoms with Crippen LogP contribution in [-0.4, -0.2) is 33.8 Å². The number of fused-ring (bicyclic) bond motifs is 3. The first-order valence-electron chi connectivity index (χ1n) is 10.5. The van der Waals surface area contributed by atoms with Gasteiger partial charge in [-0.05, 0) is 57.1 Å². The van der Waals surface area contributed by atoms with Crippen LogP contribution in [0.3, 0.4) is 0 Å². The number of hydrogen-bond acceptors (Lipinski definition) is 6. The standard InChI is InChI=1S/C22H25ClN6O/c1-12-9-19(28-13(2)27-12)30-15-5-3-14(4-6-15)20-17(23)7-8-24-21-16-10-25-26-11-18(16)29-22(20)21/h7,9,11,14-15,25,29H,3-6,8,10H2,1-2H3. The maximum Gasteiger partial charge on any atom is 0.217 e. The highest BCUT2D eigenvalue weighted by atomic mass is 35.5. The van der Waals surface area contributed by atoms with Crippen molar-refractivity contribution in [3.63, 3.8) is 0 Å². The van der Waals surface area contributed by atoms with E-state index in [0.29, 0.717) is 24.9 Å². The van der Waals surface area contributed by atoms with Gasteiger partial charge in [0.2, 0.25) is 5.88 Å². The average molecular weight is 425 g/mol. The van der Waals surface area contributed by atoms with Crippen molar-refractivity contribution < 1.29 is 4.74 Å². The second kappa shape index (κ2) is 7.87. The van der Waals surface area contributed by atoms with E-state index < -0.39 is 0 Å². The first kappa shape index (κ1) is 19.3. The molecule has 2 aliphatic heterocycles. The lowest BCUT2D eigenvalue weighted by molar-refractivity contribution is 0.136. The Kier molecular flexibility index (Phi) is 5.06. The highest BCUT2D eigenvalue weighted by Gasteiger charge is 2.29. The summed E-state index contributed by atoms with van der Waals surface area (Å²) < 4.78 is 6.18. The van der Waals surface area contributed by atoms with Crippen LogP contribution in [0.15, 0.2) is 27.3 Å². The Balaban J connectivity index is 1.40. The molecule has 0 spiro atoms. The van der Waals surface area contributed by atoms with Crippen LogP contribution in [0, 0.1) is 19.8 Å². The first-order valence-corrected chi connectivity index (χ1v) is 10.9. The third kappa shape index (κ3) is 3.62. The molecule has 3 aliphatic rings. The van der Waals surface area contributed by atoms with Crippen molar-refractivity contribution >= 4 is 23.4 Å². The van der Waals surface area contributed by atoms with Crippen molar-refractivity contribution in [2.45, 2.75) is 52.2 Å². The van der Waals surface area contributed by atoms with Crippen LogP contribution in [0.5, 0.6) is 5.88 Å². The molecular formula is C22H25ClN6O. The molecule has 0 bridgehead atoms. The maximum atomic E-state index is 6.76. The summed E-state index contributed by atoms with van der Waals surface area (Å²) >= 11 is 6.76. The van der Waals surface area contributed by atoms with Crippen LogP contribution in [0.25, 0.3) is 5.57 Å². The SMILES string of the molecule is Cc1cc(OC2CCC(C3=c4[nH]c5c(c4=NCC=C3Cl)CNN=C5)CC2)nc(C)n1. The zero-order valence-electron chi connectivity index (χ0n) is 17.2. The molecule has 7 nitrogen and oxygen atoms in total. The third-order valence-electron chi connectivity index (χ3n) is 6.01. The van der Waals surface area contributed by atoms with Gasteiger partial charge >= 0.3 is 0 Å². The number of H-pyrrole nitrogens is 1. The number of ether oxygens (including phenoxy) is 1. The maximum absolute atomic E-state index is 6.76. The monoisotopic (exact) mass is 424 g/mol. The minimum atomic E-state index is 0.168. The Bertz CT molecular complexity index is 1140. The summed E-state index contributed by atoms with van der Waals surface area (Å²) in [6.07, 6.45) is 7.99. The van der Waals surface area contributed by atoms with Gasteiger partial charge < -0.3 is 15.1 Å². The highest BCUT2D eigenvalue weighted by molar-refractivity contribution is 6.35. The Labute approximate surface area is 180 Å². The Morgan fingerprint density at radius 3 is 2.77 bits per heavy atom. The van der Waals surface area contributed by atoms with E-state index in [1.54, 1.807) is 0 Å². The number of aromatic amines is 1. The number of hydrazone groups is 1. The van der Waals surface area contributed by atoms with E-state index in [9.17, 15) is 0 Å². The van der Waals surface area contributed by atoms with Crippen LogP contribution in [0.4, 0.5) is 0 Å².